The van der Waals surface area contributed by atoms with Crippen molar-refractivity contribution in [3.05, 3.63) is 43.5 Å². The van der Waals surface area contributed by atoms with Crippen molar-refractivity contribution in [2.45, 2.75) is 102 Å². The summed E-state index contributed by atoms with van der Waals surface area (Å²) >= 11 is 0. The summed E-state index contributed by atoms with van der Waals surface area (Å²) in [6.07, 6.45) is 8.41. The minimum absolute atomic E-state index is 0.219. The van der Waals surface area contributed by atoms with Crippen LogP contribution >= 0.6 is 0 Å². The van der Waals surface area contributed by atoms with Gasteiger partial charge in [-0.3, -0.25) is 19.1 Å². The number of aromatic nitrogens is 2. The number of H-pyrrole nitrogens is 1. The summed E-state index contributed by atoms with van der Waals surface area (Å²) in [4.78, 5) is 41.2. The van der Waals surface area contributed by atoms with Gasteiger partial charge in [-0.1, -0.05) is 63.4 Å². The van der Waals surface area contributed by atoms with E-state index in [9.17, 15) is 19.9 Å². The first-order chi connectivity index (χ1) is 17.4. The molecule has 0 amide bonds. The Balaban J connectivity index is 1.59. The van der Waals surface area contributed by atoms with Gasteiger partial charge in [-0.15, -0.1) is 0 Å². The summed E-state index contributed by atoms with van der Waals surface area (Å²) in [5.41, 5.74) is 6.09. The van der Waals surface area contributed by atoms with E-state index < -0.39 is 54.5 Å². The van der Waals surface area contributed by atoms with Crippen molar-refractivity contribution in [2.75, 3.05) is 13.7 Å². The lowest BCUT2D eigenvalue weighted by Crippen LogP contribution is -2.45. The van der Waals surface area contributed by atoms with Gasteiger partial charge >= 0.3 is 11.7 Å². The average molecular weight is 510 g/mol. The molecular formula is C23H35N5O8. The van der Waals surface area contributed by atoms with Gasteiger partial charge in [-0.05, 0) is 12.0 Å². The molecule has 0 spiro atoms. The minimum atomic E-state index is -1.80. The molecule has 0 aliphatic carbocycles. The van der Waals surface area contributed by atoms with Crippen molar-refractivity contribution in [3.8, 4) is 0 Å². The Morgan fingerprint density at radius 1 is 1.17 bits per heavy atom. The number of fused-ring (bicyclic) bond motifs is 1. The number of carbonyl (C=O) groups excluding carboxylic acids is 1. The predicted molar refractivity (Wildman–Crippen MR) is 127 cm³/mol. The van der Waals surface area contributed by atoms with Gasteiger partial charge in [-0.2, -0.15) is 0 Å². The molecule has 1 aromatic heterocycles. The van der Waals surface area contributed by atoms with Gasteiger partial charge < -0.3 is 23.7 Å². The highest BCUT2D eigenvalue weighted by Gasteiger charge is 2.63. The number of rotatable bonds is 15. The summed E-state index contributed by atoms with van der Waals surface area (Å²) in [6, 6.07) is 1.14. The normalized spacial score (nSPS) is 26.9. The van der Waals surface area contributed by atoms with Crippen molar-refractivity contribution < 1.29 is 28.5 Å². The van der Waals surface area contributed by atoms with Crippen LogP contribution in [-0.4, -0.2) is 53.6 Å². The summed E-state index contributed by atoms with van der Waals surface area (Å²) in [5, 5.41) is 3.75. The van der Waals surface area contributed by atoms with Crippen molar-refractivity contribution in [3.63, 3.8) is 0 Å². The van der Waals surface area contributed by atoms with Crippen molar-refractivity contribution >= 4 is 5.97 Å². The number of hydrogen-bond acceptors (Lipinski definition) is 9. The standard InChI is InChI=1S/C23H35N5O8/c1-3-4-5-6-7-8-9-10-11-12-17(30)33-15-23(26-27-24)19-18(34-22(32-2)35-19)20(36-23)28-14-13-16(29)25-21(28)31/h13-14,18-20,22H,3-12,15H2,1-2H3,(H,25,29,31)/t18?,19-,20+,22+,23+/m0/s1. The van der Waals surface area contributed by atoms with Gasteiger partial charge in [0.05, 0.1) is 0 Å². The molecule has 1 N–H and O–H groups in total. The van der Waals surface area contributed by atoms with E-state index in [1.165, 1.54) is 45.4 Å². The smallest absolute Gasteiger partial charge is 0.330 e. The summed E-state index contributed by atoms with van der Waals surface area (Å²) < 4.78 is 28.9. The van der Waals surface area contributed by atoms with E-state index in [0.717, 1.165) is 29.9 Å². The molecule has 13 nitrogen and oxygen atoms in total. The van der Waals surface area contributed by atoms with Crippen LogP contribution in [-0.2, 0) is 28.5 Å². The summed E-state index contributed by atoms with van der Waals surface area (Å²) in [6.45, 7) is 0.640. The number of aromatic amines is 1. The fraction of sp³-hybridized carbons (Fsp3) is 0.783. The van der Waals surface area contributed by atoms with Gasteiger partial charge in [-0.25, -0.2) is 4.79 Å². The maximum Gasteiger partial charge on any atom is 0.330 e. The van der Waals surface area contributed by atoms with E-state index >= 15 is 0 Å². The number of azide groups is 1. The molecule has 0 bridgehead atoms. The van der Waals surface area contributed by atoms with Gasteiger partial charge in [0.1, 0.15) is 18.8 Å². The molecule has 2 fully saturated rings. The predicted octanol–water partition coefficient (Wildman–Crippen LogP) is 3.25. The third-order valence-electron chi connectivity index (χ3n) is 6.33. The Bertz CT molecular complexity index is 1020. The molecule has 2 aliphatic rings. The molecule has 200 valence electrons. The molecule has 13 heteroatoms. The minimum Gasteiger partial charge on any atom is -0.462 e. The largest absolute Gasteiger partial charge is 0.462 e. The van der Waals surface area contributed by atoms with Crippen molar-refractivity contribution in [1.82, 2.24) is 9.55 Å². The van der Waals surface area contributed by atoms with Gasteiger partial charge in [0.15, 0.2) is 6.23 Å². The molecule has 0 saturated carbocycles. The number of nitrogens with one attached hydrogen (secondary N) is 1. The van der Waals surface area contributed by atoms with E-state index in [-0.39, 0.29) is 6.42 Å². The fourth-order valence-electron chi connectivity index (χ4n) is 4.44. The fourth-order valence-corrected chi connectivity index (χ4v) is 4.44. The molecular weight excluding hydrogens is 474 g/mol. The zero-order chi connectivity index (χ0) is 26.0. The van der Waals surface area contributed by atoms with Crippen LogP contribution in [0, 0.1) is 0 Å². The van der Waals surface area contributed by atoms with Crippen LogP contribution in [0.3, 0.4) is 0 Å². The topological polar surface area (TPSA) is 167 Å². The highest BCUT2D eigenvalue weighted by Crippen LogP contribution is 2.46. The molecule has 0 radical (unpaired) electrons. The van der Waals surface area contributed by atoms with Gasteiger partial charge in [0, 0.05) is 30.7 Å². The zero-order valence-corrected chi connectivity index (χ0v) is 20.8. The van der Waals surface area contributed by atoms with Gasteiger partial charge in [0.2, 0.25) is 5.72 Å². The summed E-state index contributed by atoms with van der Waals surface area (Å²) in [5.74, 6) is -0.461. The Morgan fingerprint density at radius 3 is 2.50 bits per heavy atom. The molecule has 0 aromatic carbocycles. The van der Waals surface area contributed by atoms with Crippen molar-refractivity contribution in [2.24, 2.45) is 5.11 Å². The van der Waals surface area contributed by atoms with Crippen LogP contribution in [0.4, 0.5) is 0 Å². The van der Waals surface area contributed by atoms with E-state index in [0.29, 0.717) is 6.42 Å². The molecule has 2 aliphatic heterocycles. The second kappa shape index (κ2) is 13.6. The van der Waals surface area contributed by atoms with E-state index in [4.69, 9.17) is 23.7 Å². The van der Waals surface area contributed by atoms with Crippen LogP contribution in [0.5, 0.6) is 0 Å². The first-order valence-electron chi connectivity index (χ1n) is 12.5. The van der Waals surface area contributed by atoms with Crippen LogP contribution in [0.1, 0.15) is 77.4 Å². The third kappa shape index (κ3) is 6.95. The first kappa shape index (κ1) is 27.9. The first-order valence-corrected chi connectivity index (χ1v) is 12.5. The van der Waals surface area contributed by atoms with E-state index in [1.807, 2.05) is 0 Å². The molecule has 3 heterocycles. The summed E-state index contributed by atoms with van der Waals surface area (Å²) in [7, 11) is 1.36. The monoisotopic (exact) mass is 509 g/mol. The maximum atomic E-state index is 12.4. The molecule has 5 atom stereocenters. The van der Waals surface area contributed by atoms with E-state index in [1.54, 1.807) is 0 Å². The highest BCUT2D eigenvalue weighted by atomic mass is 16.9. The Kier molecular flexibility index (Phi) is 10.5. The lowest BCUT2D eigenvalue weighted by atomic mass is 10.1. The number of carbonyl (C=O) groups is 1. The van der Waals surface area contributed by atoms with Crippen molar-refractivity contribution in [1.29, 1.82) is 0 Å². The zero-order valence-electron chi connectivity index (χ0n) is 20.8. The van der Waals surface area contributed by atoms with Crippen LogP contribution in [0.25, 0.3) is 10.4 Å². The van der Waals surface area contributed by atoms with Crippen LogP contribution in [0.15, 0.2) is 27.0 Å². The van der Waals surface area contributed by atoms with Gasteiger partial charge in [0.25, 0.3) is 12.0 Å². The van der Waals surface area contributed by atoms with Crippen LogP contribution < -0.4 is 11.2 Å². The highest BCUT2D eigenvalue weighted by molar-refractivity contribution is 5.69. The molecule has 2 saturated heterocycles. The molecule has 3 rings (SSSR count). The Labute approximate surface area is 208 Å². The number of methoxy groups -OCH3 is 1. The number of unbranched alkanes of at least 4 members (excludes halogenated alkanes) is 8. The number of hydrogen-bond donors (Lipinski definition) is 1. The Morgan fingerprint density at radius 2 is 1.86 bits per heavy atom. The van der Waals surface area contributed by atoms with Crippen LogP contribution in [0.2, 0.25) is 0 Å². The SMILES string of the molecule is CCCCCCCCCCCC(=O)OC[C@@]1(N=[N+]=[N-])O[C@@H](n2ccc(=O)[nH]c2=O)C2O[C@@H](OC)O[C@@H]21. The maximum absolute atomic E-state index is 12.4. The lowest BCUT2D eigenvalue weighted by molar-refractivity contribution is -0.271. The Hall–Kier alpha value is -2.70. The second-order valence-corrected chi connectivity index (χ2v) is 8.98. The number of nitrogens with zero attached hydrogens (tertiary/aromatic N) is 4. The lowest BCUT2D eigenvalue weighted by Gasteiger charge is -2.28. The number of esters is 1. The van der Waals surface area contributed by atoms with E-state index in [2.05, 4.69) is 21.9 Å². The number of ether oxygens (including phenoxy) is 5. The average Bonchev–Trinajstić information content (AvgIpc) is 3.41. The quantitative estimate of drug-likeness (QED) is 0.124. The second-order valence-electron chi connectivity index (χ2n) is 8.98. The molecule has 1 unspecified atom stereocenters. The third-order valence-corrected chi connectivity index (χ3v) is 6.33. The molecule has 36 heavy (non-hydrogen) atoms. The molecule has 1 aromatic rings.